The van der Waals surface area contributed by atoms with Crippen molar-refractivity contribution in [2.24, 2.45) is 0 Å². The number of hydrogen-bond acceptors (Lipinski definition) is 6. The summed E-state index contributed by atoms with van der Waals surface area (Å²) in [5.74, 6) is 2.34. The van der Waals surface area contributed by atoms with Crippen LogP contribution in [0, 0.1) is 6.92 Å². The fourth-order valence-corrected chi connectivity index (χ4v) is 4.85. The van der Waals surface area contributed by atoms with Gasteiger partial charge in [-0.05, 0) is 31.9 Å². The molecule has 178 valence electrons. The van der Waals surface area contributed by atoms with E-state index in [-0.39, 0.29) is 25.2 Å². The van der Waals surface area contributed by atoms with Gasteiger partial charge in [-0.15, -0.1) is 12.4 Å². The number of benzene rings is 1. The predicted molar refractivity (Wildman–Crippen MR) is 131 cm³/mol. The molecule has 0 bridgehead atoms. The first kappa shape index (κ1) is 24.1. The number of halogens is 3. The van der Waals surface area contributed by atoms with Crippen LogP contribution in [0.5, 0.6) is 0 Å². The van der Waals surface area contributed by atoms with Crippen LogP contribution in [-0.2, 0) is 11.3 Å². The Bertz CT molecular complexity index is 1100. The first-order valence-electron chi connectivity index (χ1n) is 11.3. The van der Waals surface area contributed by atoms with Crippen LogP contribution in [-0.4, -0.2) is 76.5 Å². The van der Waals surface area contributed by atoms with Gasteiger partial charge in [-0.2, -0.15) is 0 Å². The SMILES string of the molecule is Cc1nc(N2CCN(CCF)CC2)c2nc(-c3ccccc3Cl)n(C[C@@H]3CCCO3)c2n1.Cl. The van der Waals surface area contributed by atoms with Crippen molar-refractivity contribution in [3.63, 3.8) is 0 Å². The lowest BCUT2D eigenvalue weighted by Crippen LogP contribution is -2.47. The van der Waals surface area contributed by atoms with Crippen molar-refractivity contribution in [1.29, 1.82) is 0 Å². The van der Waals surface area contributed by atoms with Crippen molar-refractivity contribution in [2.45, 2.75) is 32.4 Å². The fraction of sp³-hybridized carbons (Fsp3) is 0.522. The molecule has 1 atom stereocenters. The number of ether oxygens (including phenoxy) is 1. The highest BCUT2D eigenvalue weighted by Gasteiger charge is 2.27. The average molecular weight is 495 g/mol. The van der Waals surface area contributed by atoms with E-state index in [2.05, 4.69) is 14.4 Å². The number of piperazine rings is 1. The van der Waals surface area contributed by atoms with Crippen molar-refractivity contribution < 1.29 is 9.13 Å². The number of aryl methyl sites for hydroxylation is 1. The molecule has 0 saturated carbocycles. The van der Waals surface area contributed by atoms with E-state index in [4.69, 9.17) is 31.3 Å². The van der Waals surface area contributed by atoms with E-state index in [1.807, 2.05) is 31.2 Å². The molecule has 0 aliphatic carbocycles. The van der Waals surface area contributed by atoms with Crippen LogP contribution in [0.1, 0.15) is 18.7 Å². The Morgan fingerprint density at radius 1 is 1.12 bits per heavy atom. The number of anilines is 1. The van der Waals surface area contributed by atoms with Gasteiger partial charge in [-0.25, -0.2) is 19.3 Å². The zero-order valence-electron chi connectivity index (χ0n) is 18.7. The van der Waals surface area contributed by atoms with E-state index >= 15 is 0 Å². The van der Waals surface area contributed by atoms with Gasteiger partial charge in [-0.3, -0.25) is 4.90 Å². The number of aromatic nitrogens is 4. The first-order valence-corrected chi connectivity index (χ1v) is 11.7. The highest BCUT2D eigenvalue weighted by molar-refractivity contribution is 6.33. The summed E-state index contributed by atoms with van der Waals surface area (Å²) in [6.45, 7) is 6.74. The fourth-order valence-electron chi connectivity index (χ4n) is 4.63. The topological polar surface area (TPSA) is 59.3 Å². The molecule has 1 aromatic carbocycles. The van der Waals surface area contributed by atoms with Gasteiger partial charge in [0.15, 0.2) is 17.0 Å². The van der Waals surface area contributed by atoms with E-state index in [1.165, 1.54) is 0 Å². The van der Waals surface area contributed by atoms with E-state index < -0.39 is 0 Å². The molecule has 4 heterocycles. The monoisotopic (exact) mass is 494 g/mol. The molecule has 5 rings (SSSR count). The van der Waals surface area contributed by atoms with E-state index in [9.17, 15) is 4.39 Å². The minimum atomic E-state index is -0.314. The standard InChI is InChI=1S/C23H28ClFN6O.ClH/c1-16-26-22(30-12-10-29(9-8-25)11-13-30)20-23(27-16)31(15-17-5-4-14-32-17)21(28-20)18-6-2-3-7-19(18)24;/h2-3,6-7,17H,4-5,8-15H2,1H3;1H/t17-;/m0./s1. The average Bonchev–Trinajstić information content (AvgIpc) is 3.43. The molecule has 0 spiro atoms. The maximum Gasteiger partial charge on any atom is 0.166 e. The third kappa shape index (κ3) is 4.94. The summed E-state index contributed by atoms with van der Waals surface area (Å²) >= 11 is 6.57. The quantitative estimate of drug-likeness (QED) is 0.512. The lowest BCUT2D eigenvalue weighted by Gasteiger charge is -2.34. The number of rotatable bonds is 6. The summed E-state index contributed by atoms with van der Waals surface area (Å²) < 4.78 is 20.8. The third-order valence-electron chi connectivity index (χ3n) is 6.29. The van der Waals surface area contributed by atoms with E-state index in [1.54, 1.807) is 0 Å². The Balaban J connectivity index is 0.00000259. The van der Waals surface area contributed by atoms with Gasteiger partial charge in [0, 0.05) is 44.9 Å². The maximum absolute atomic E-state index is 12.8. The first-order chi connectivity index (χ1) is 15.6. The van der Waals surface area contributed by atoms with Gasteiger partial charge in [0.05, 0.1) is 17.7 Å². The summed E-state index contributed by atoms with van der Waals surface area (Å²) in [4.78, 5) is 19.0. The van der Waals surface area contributed by atoms with Crippen LogP contribution in [0.3, 0.4) is 0 Å². The summed E-state index contributed by atoms with van der Waals surface area (Å²) in [6.07, 6.45) is 2.23. The Kier molecular flexibility index (Phi) is 7.69. The molecule has 3 aromatic rings. The van der Waals surface area contributed by atoms with Crippen molar-refractivity contribution in [3.05, 3.63) is 35.1 Å². The van der Waals surface area contributed by atoms with Crippen LogP contribution in [0.2, 0.25) is 5.02 Å². The lowest BCUT2D eigenvalue weighted by molar-refractivity contribution is 0.0981. The molecule has 2 aliphatic rings. The van der Waals surface area contributed by atoms with Crippen LogP contribution >= 0.6 is 24.0 Å². The number of imidazole rings is 1. The van der Waals surface area contributed by atoms with Gasteiger partial charge >= 0.3 is 0 Å². The molecule has 2 fully saturated rings. The molecule has 10 heteroatoms. The molecule has 0 amide bonds. The molecule has 0 N–H and O–H groups in total. The molecule has 2 saturated heterocycles. The van der Waals surface area contributed by atoms with Gasteiger partial charge in [0.2, 0.25) is 0 Å². The number of nitrogens with zero attached hydrogens (tertiary/aromatic N) is 6. The minimum absolute atomic E-state index is 0. The zero-order valence-corrected chi connectivity index (χ0v) is 20.3. The Labute approximate surface area is 204 Å². The predicted octanol–water partition coefficient (Wildman–Crippen LogP) is 4.15. The number of alkyl halides is 1. The lowest BCUT2D eigenvalue weighted by atomic mass is 10.2. The van der Waals surface area contributed by atoms with Crippen LogP contribution in [0.15, 0.2) is 24.3 Å². The van der Waals surface area contributed by atoms with Crippen molar-refractivity contribution >= 4 is 41.0 Å². The molecule has 0 radical (unpaired) electrons. The summed E-state index contributed by atoms with van der Waals surface area (Å²) in [5, 5.41) is 0.655. The Hall–Kier alpha value is -2.00. The molecule has 7 nitrogen and oxygen atoms in total. The van der Waals surface area contributed by atoms with Gasteiger partial charge in [0.1, 0.15) is 18.3 Å². The number of hydrogen-bond donors (Lipinski definition) is 0. The van der Waals surface area contributed by atoms with Crippen LogP contribution < -0.4 is 4.90 Å². The van der Waals surface area contributed by atoms with E-state index in [0.717, 1.165) is 74.0 Å². The smallest absolute Gasteiger partial charge is 0.166 e. The van der Waals surface area contributed by atoms with Crippen molar-refractivity contribution in [2.75, 3.05) is 50.9 Å². The summed E-state index contributed by atoms with van der Waals surface area (Å²) in [6, 6.07) is 7.77. The second-order valence-corrected chi connectivity index (χ2v) is 8.85. The molecule has 2 aromatic heterocycles. The molecular formula is C23H29Cl2FN6O. The van der Waals surface area contributed by atoms with Gasteiger partial charge in [0.25, 0.3) is 0 Å². The minimum Gasteiger partial charge on any atom is -0.376 e. The third-order valence-corrected chi connectivity index (χ3v) is 6.62. The molecular weight excluding hydrogens is 466 g/mol. The molecule has 33 heavy (non-hydrogen) atoms. The Morgan fingerprint density at radius 3 is 2.61 bits per heavy atom. The van der Waals surface area contributed by atoms with Gasteiger partial charge < -0.3 is 14.2 Å². The Morgan fingerprint density at radius 2 is 1.91 bits per heavy atom. The maximum atomic E-state index is 12.8. The van der Waals surface area contributed by atoms with Crippen molar-refractivity contribution in [1.82, 2.24) is 24.4 Å². The normalized spacial score (nSPS) is 19.2. The second kappa shape index (κ2) is 10.5. The van der Waals surface area contributed by atoms with Crippen LogP contribution in [0.25, 0.3) is 22.6 Å². The highest BCUT2D eigenvalue weighted by Crippen LogP contribution is 2.34. The van der Waals surface area contributed by atoms with E-state index in [0.29, 0.717) is 23.9 Å². The highest BCUT2D eigenvalue weighted by atomic mass is 35.5. The molecule has 0 unspecified atom stereocenters. The summed E-state index contributed by atoms with van der Waals surface area (Å²) in [7, 11) is 0. The van der Waals surface area contributed by atoms with Crippen LogP contribution in [0.4, 0.5) is 10.2 Å². The number of fused-ring (bicyclic) bond motifs is 1. The van der Waals surface area contributed by atoms with Crippen molar-refractivity contribution in [3.8, 4) is 11.4 Å². The zero-order chi connectivity index (χ0) is 22.1. The molecule has 2 aliphatic heterocycles. The second-order valence-electron chi connectivity index (χ2n) is 8.45. The largest absolute Gasteiger partial charge is 0.376 e. The van der Waals surface area contributed by atoms with Gasteiger partial charge in [-0.1, -0.05) is 23.7 Å². The summed E-state index contributed by atoms with van der Waals surface area (Å²) in [5.41, 5.74) is 2.47.